The Kier molecular flexibility index (Phi) is 8.12. The molecule has 1 fully saturated rings. The maximum absolute atomic E-state index is 12.0. The molecule has 0 saturated carbocycles. The minimum Gasteiger partial charge on any atom is -0.398 e. The van der Waals surface area contributed by atoms with Gasteiger partial charge in [-0.25, -0.2) is 4.98 Å². The van der Waals surface area contributed by atoms with Crippen LogP contribution in [0.4, 0.5) is 11.5 Å². The number of anilines is 2. The number of carbonyl (C=O) groups is 1. The van der Waals surface area contributed by atoms with Crippen molar-refractivity contribution in [3.8, 4) is 6.07 Å². The average molecular weight is 566 g/mol. The Bertz CT molecular complexity index is 1470. The van der Waals surface area contributed by atoms with Crippen molar-refractivity contribution < 1.29 is 4.79 Å². The molecular formula is C28H30Cl2N8O. The van der Waals surface area contributed by atoms with Crippen molar-refractivity contribution in [3.63, 3.8) is 0 Å². The van der Waals surface area contributed by atoms with E-state index >= 15 is 0 Å². The van der Waals surface area contributed by atoms with Gasteiger partial charge in [0.25, 0.3) is 0 Å². The van der Waals surface area contributed by atoms with Gasteiger partial charge in [0.1, 0.15) is 17.4 Å². The molecule has 2 aromatic heterocycles. The summed E-state index contributed by atoms with van der Waals surface area (Å²) in [5, 5.41) is 22.3. The van der Waals surface area contributed by atoms with Gasteiger partial charge in [0.15, 0.2) is 0 Å². The molecule has 6 N–H and O–H groups in total. The Morgan fingerprint density at radius 1 is 1.23 bits per heavy atom. The summed E-state index contributed by atoms with van der Waals surface area (Å²) in [6, 6.07) is 7.60. The molecule has 1 aliphatic rings. The van der Waals surface area contributed by atoms with Crippen LogP contribution in [0.15, 0.2) is 36.8 Å². The fourth-order valence-electron chi connectivity index (χ4n) is 5.03. The van der Waals surface area contributed by atoms with Crippen molar-refractivity contribution in [1.29, 1.82) is 10.7 Å². The predicted molar refractivity (Wildman–Crippen MR) is 155 cm³/mol. The molecular weight excluding hydrogens is 535 g/mol. The van der Waals surface area contributed by atoms with E-state index in [1.165, 1.54) is 7.05 Å². The summed E-state index contributed by atoms with van der Waals surface area (Å²) in [4.78, 5) is 22.3. The Hall–Kier alpha value is -3.71. The number of rotatable bonds is 8. The van der Waals surface area contributed by atoms with E-state index in [-0.39, 0.29) is 36.2 Å². The lowest BCUT2D eigenvalue weighted by molar-refractivity contribution is -0.126. The van der Waals surface area contributed by atoms with Crippen molar-refractivity contribution in [1.82, 2.24) is 15.3 Å². The molecule has 202 valence electrons. The van der Waals surface area contributed by atoms with Crippen LogP contribution >= 0.6 is 23.2 Å². The largest absolute Gasteiger partial charge is 0.398 e. The van der Waals surface area contributed by atoms with Crippen molar-refractivity contribution in [3.05, 3.63) is 80.2 Å². The predicted octanol–water partition coefficient (Wildman–Crippen LogP) is 3.83. The van der Waals surface area contributed by atoms with Crippen LogP contribution in [0.1, 0.15) is 53.1 Å². The first kappa shape index (κ1) is 28.3. The molecule has 39 heavy (non-hydrogen) atoms. The van der Waals surface area contributed by atoms with Crippen LogP contribution in [0.5, 0.6) is 0 Å². The standard InChI is InChI=1S/C28H30Cl2N8O/c1-4-16-8-23(32)20(7-17(16)5-15(2)24-21(29)11-36-12-22(24)30)25(33)19-6-18(9-31)26(37-10-19)38-13-28(34,14-38)27(39)35-3/h6-8,10-12,15,33H,4-5,13-14,32,34H2,1-3H3,(H,35,39)/t15-/m0/s1. The smallest absolute Gasteiger partial charge is 0.243 e. The van der Waals surface area contributed by atoms with E-state index in [0.29, 0.717) is 39.1 Å². The monoisotopic (exact) mass is 564 g/mol. The Morgan fingerprint density at radius 2 is 1.90 bits per heavy atom. The van der Waals surface area contributed by atoms with Gasteiger partial charge in [-0.05, 0) is 53.6 Å². The highest BCUT2D eigenvalue weighted by molar-refractivity contribution is 6.35. The molecule has 1 atom stereocenters. The van der Waals surface area contributed by atoms with Crippen molar-refractivity contribution in [2.45, 2.75) is 38.1 Å². The Labute approximate surface area is 237 Å². The zero-order valence-corrected chi connectivity index (χ0v) is 23.5. The number of carbonyl (C=O) groups excluding carboxylic acids is 1. The molecule has 11 heteroatoms. The average Bonchev–Trinajstić information content (AvgIpc) is 2.90. The number of nitriles is 1. The SMILES string of the molecule is CCc1cc(N)c(C(=N)c2cnc(N3CC(N)(C(=O)NC)C3)c(C#N)c2)cc1C[C@H](C)c1c(Cl)cncc1Cl. The summed E-state index contributed by atoms with van der Waals surface area (Å²) in [6.07, 6.45) is 6.11. The summed E-state index contributed by atoms with van der Waals surface area (Å²) in [7, 11) is 1.53. The van der Waals surface area contributed by atoms with Gasteiger partial charge < -0.3 is 21.7 Å². The van der Waals surface area contributed by atoms with Crippen LogP contribution in [0.25, 0.3) is 0 Å². The van der Waals surface area contributed by atoms with Crippen molar-refractivity contribution in [2.24, 2.45) is 5.73 Å². The minimum absolute atomic E-state index is 0.00363. The van der Waals surface area contributed by atoms with Gasteiger partial charge >= 0.3 is 0 Å². The number of hydrogen-bond acceptors (Lipinski definition) is 8. The molecule has 1 aromatic carbocycles. The normalized spacial score (nSPS) is 14.7. The minimum atomic E-state index is -1.03. The lowest BCUT2D eigenvalue weighted by Gasteiger charge is -2.46. The second-order valence-electron chi connectivity index (χ2n) is 9.86. The van der Waals surface area contributed by atoms with E-state index in [4.69, 9.17) is 40.1 Å². The molecule has 0 aliphatic carbocycles. The number of amides is 1. The first-order chi connectivity index (χ1) is 18.5. The van der Waals surface area contributed by atoms with Gasteiger partial charge in [0.05, 0.1) is 21.3 Å². The maximum atomic E-state index is 12.0. The molecule has 0 spiro atoms. The topological polar surface area (TPSA) is 158 Å². The number of aryl methyl sites for hydroxylation is 1. The van der Waals surface area contributed by atoms with E-state index in [1.807, 2.05) is 19.1 Å². The van der Waals surface area contributed by atoms with E-state index in [1.54, 1.807) is 29.6 Å². The zero-order chi connectivity index (χ0) is 28.5. The molecule has 3 heterocycles. The highest BCUT2D eigenvalue weighted by Crippen LogP contribution is 2.35. The summed E-state index contributed by atoms with van der Waals surface area (Å²) < 4.78 is 0. The fraction of sp³-hybridized carbons (Fsp3) is 0.321. The molecule has 1 saturated heterocycles. The van der Waals surface area contributed by atoms with Gasteiger partial charge in [-0.2, -0.15) is 5.26 Å². The number of nitrogens with one attached hydrogen (secondary N) is 2. The van der Waals surface area contributed by atoms with Crippen LogP contribution in [-0.2, 0) is 17.6 Å². The van der Waals surface area contributed by atoms with E-state index in [2.05, 4.69) is 28.3 Å². The highest BCUT2D eigenvalue weighted by Gasteiger charge is 2.46. The maximum Gasteiger partial charge on any atom is 0.243 e. The number of nitrogens with two attached hydrogens (primary N) is 2. The van der Waals surface area contributed by atoms with Gasteiger partial charge in [0.2, 0.25) is 5.91 Å². The molecule has 1 amide bonds. The number of nitrogen functional groups attached to an aromatic ring is 1. The fourth-order valence-corrected chi connectivity index (χ4v) is 5.77. The van der Waals surface area contributed by atoms with Gasteiger partial charge in [-0.1, -0.05) is 37.0 Å². The number of likely N-dealkylation sites (N-methyl/N-ethyl adjacent to an activating group) is 1. The Morgan fingerprint density at radius 3 is 2.49 bits per heavy atom. The molecule has 0 bridgehead atoms. The highest BCUT2D eigenvalue weighted by atomic mass is 35.5. The van der Waals surface area contributed by atoms with Crippen LogP contribution in [0.2, 0.25) is 10.0 Å². The number of aromatic nitrogens is 2. The number of benzene rings is 1. The third-order valence-electron chi connectivity index (χ3n) is 7.13. The molecule has 4 rings (SSSR count). The van der Waals surface area contributed by atoms with Crippen molar-refractivity contribution >= 4 is 46.3 Å². The summed E-state index contributed by atoms with van der Waals surface area (Å²) in [6.45, 7) is 4.58. The van der Waals surface area contributed by atoms with Gasteiger partial charge in [0, 0.05) is 55.5 Å². The van der Waals surface area contributed by atoms with E-state index < -0.39 is 5.54 Å². The van der Waals surface area contributed by atoms with E-state index in [0.717, 1.165) is 23.1 Å². The molecule has 1 aliphatic heterocycles. The lowest BCUT2D eigenvalue weighted by Crippen LogP contribution is -2.74. The lowest BCUT2D eigenvalue weighted by atomic mass is 9.88. The third-order valence-corrected chi connectivity index (χ3v) is 7.73. The second-order valence-corrected chi connectivity index (χ2v) is 10.7. The van der Waals surface area contributed by atoms with Gasteiger partial charge in [-0.15, -0.1) is 0 Å². The van der Waals surface area contributed by atoms with E-state index in [9.17, 15) is 10.1 Å². The summed E-state index contributed by atoms with van der Waals surface area (Å²) in [5.41, 5.74) is 16.4. The summed E-state index contributed by atoms with van der Waals surface area (Å²) in [5.74, 6) is 0.158. The number of halogens is 2. The Balaban J connectivity index is 1.63. The number of pyridine rings is 2. The first-order valence-corrected chi connectivity index (χ1v) is 13.2. The zero-order valence-electron chi connectivity index (χ0n) is 22.0. The molecule has 9 nitrogen and oxygen atoms in total. The first-order valence-electron chi connectivity index (χ1n) is 12.5. The van der Waals surface area contributed by atoms with Crippen LogP contribution in [0.3, 0.4) is 0 Å². The quantitative estimate of drug-likeness (QED) is 0.239. The van der Waals surface area contributed by atoms with Gasteiger partial charge in [-0.3, -0.25) is 15.2 Å². The molecule has 3 aromatic rings. The number of nitrogens with zero attached hydrogens (tertiary/aromatic N) is 4. The molecule has 0 unspecified atom stereocenters. The van der Waals surface area contributed by atoms with Crippen LogP contribution in [-0.4, -0.2) is 47.3 Å². The van der Waals surface area contributed by atoms with Crippen LogP contribution < -0.4 is 21.7 Å². The second kappa shape index (κ2) is 11.2. The summed E-state index contributed by atoms with van der Waals surface area (Å²) >= 11 is 12.8. The third kappa shape index (κ3) is 5.41. The number of hydrogen-bond donors (Lipinski definition) is 4. The van der Waals surface area contributed by atoms with Crippen LogP contribution in [0, 0.1) is 16.7 Å². The van der Waals surface area contributed by atoms with Crippen molar-refractivity contribution in [2.75, 3.05) is 30.8 Å². The molecule has 0 radical (unpaired) electrons.